The van der Waals surface area contributed by atoms with Gasteiger partial charge in [-0.2, -0.15) is 0 Å². The highest BCUT2D eigenvalue weighted by atomic mass is 32.2. The van der Waals surface area contributed by atoms with Gasteiger partial charge in [-0.3, -0.25) is 4.79 Å². The number of anilines is 1. The van der Waals surface area contributed by atoms with Gasteiger partial charge in [-0.1, -0.05) is 69.8 Å². The van der Waals surface area contributed by atoms with E-state index in [0.717, 1.165) is 11.3 Å². The van der Waals surface area contributed by atoms with E-state index in [1.165, 1.54) is 17.8 Å². The highest BCUT2D eigenvalue weighted by Gasteiger charge is 2.22. The van der Waals surface area contributed by atoms with Crippen molar-refractivity contribution in [2.24, 2.45) is 5.92 Å². The first kappa shape index (κ1) is 24.8. The van der Waals surface area contributed by atoms with E-state index in [1.54, 1.807) is 18.2 Å². The minimum absolute atomic E-state index is 0.107. The molecule has 3 aromatic rings. The van der Waals surface area contributed by atoms with Crippen LogP contribution >= 0.6 is 11.8 Å². The van der Waals surface area contributed by atoms with Crippen molar-refractivity contribution in [3.63, 3.8) is 0 Å². The van der Waals surface area contributed by atoms with Crippen LogP contribution in [0, 0.1) is 11.7 Å². The molecule has 0 spiro atoms. The summed E-state index contributed by atoms with van der Waals surface area (Å²) >= 11 is 1.33. The van der Waals surface area contributed by atoms with Gasteiger partial charge in [-0.25, -0.2) is 4.39 Å². The van der Waals surface area contributed by atoms with Crippen LogP contribution in [0.1, 0.15) is 58.0 Å². The zero-order valence-electron chi connectivity index (χ0n) is 19.7. The molecule has 0 fully saturated rings. The second-order valence-corrected chi connectivity index (χ2v) is 9.56. The molecule has 176 valence electrons. The summed E-state index contributed by atoms with van der Waals surface area (Å²) in [6, 6.07) is 14.1. The molecule has 0 aliphatic heterocycles. The maximum absolute atomic E-state index is 14.0. The van der Waals surface area contributed by atoms with Gasteiger partial charge in [-0.05, 0) is 42.5 Å². The van der Waals surface area contributed by atoms with E-state index < -0.39 is 11.9 Å². The molecule has 0 radical (unpaired) electrons. The lowest BCUT2D eigenvalue weighted by Crippen LogP contribution is -2.18. The third kappa shape index (κ3) is 6.57. The fourth-order valence-electron chi connectivity index (χ4n) is 3.46. The van der Waals surface area contributed by atoms with Crippen molar-refractivity contribution >= 4 is 23.4 Å². The molecule has 1 atom stereocenters. The Hall–Kier alpha value is -2.87. The van der Waals surface area contributed by atoms with Gasteiger partial charge in [-0.15, -0.1) is 10.2 Å². The molecule has 0 aliphatic rings. The number of carbonyl (C=O) groups excluding carboxylic acids is 1. The Kier molecular flexibility index (Phi) is 8.49. The Morgan fingerprint density at radius 2 is 1.76 bits per heavy atom. The molecular weight excluding hydrogens is 439 g/mol. The normalized spacial score (nSPS) is 12.2. The van der Waals surface area contributed by atoms with Gasteiger partial charge in [0.15, 0.2) is 28.7 Å². The monoisotopic (exact) mass is 470 g/mol. The molecule has 8 heteroatoms. The van der Waals surface area contributed by atoms with Crippen molar-refractivity contribution in [2.45, 2.75) is 58.3 Å². The number of aromatic nitrogens is 3. The van der Waals surface area contributed by atoms with Gasteiger partial charge in [0.25, 0.3) is 0 Å². The number of halogens is 1. The van der Waals surface area contributed by atoms with Crippen molar-refractivity contribution in [1.29, 1.82) is 0 Å². The van der Waals surface area contributed by atoms with E-state index in [0.29, 0.717) is 29.4 Å². The van der Waals surface area contributed by atoms with E-state index in [-0.39, 0.29) is 17.4 Å². The fourth-order valence-corrected chi connectivity index (χ4v) is 4.21. The van der Waals surface area contributed by atoms with Crippen LogP contribution in [-0.2, 0) is 11.3 Å². The van der Waals surface area contributed by atoms with E-state index >= 15 is 0 Å². The number of hydrogen-bond acceptors (Lipinski definition) is 5. The molecule has 33 heavy (non-hydrogen) atoms. The van der Waals surface area contributed by atoms with Crippen molar-refractivity contribution < 1.29 is 13.9 Å². The SMILES string of the molecule is CC(C)Cn1c(SCC(=O)Nc2ccccc2C(C)C)nnc1C(C)Oc1ccccc1F. The molecule has 1 unspecified atom stereocenters. The lowest BCUT2D eigenvalue weighted by molar-refractivity contribution is -0.113. The molecule has 1 amide bonds. The molecule has 0 saturated heterocycles. The molecule has 0 aliphatic carbocycles. The van der Waals surface area contributed by atoms with Crippen molar-refractivity contribution in [3.05, 3.63) is 65.7 Å². The molecule has 3 rings (SSSR count). The van der Waals surface area contributed by atoms with Gasteiger partial charge in [0.1, 0.15) is 0 Å². The van der Waals surface area contributed by atoms with Crippen LogP contribution < -0.4 is 10.1 Å². The second kappa shape index (κ2) is 11.3. The average molecular weight is 471 g/mol. The zero-order chi connectivity index (χ0) is 24.0. The highest BCUT2D eigenvalue weighted by Crippen LogP contribution is 2.28. The number of nitrogens with one attached hydrogen (secondary N) is 1. The summed E-state index contributed by atoms with van der Waals surface area (Å²) in [6.07, 6.45) is -0.505. The number of hydrogen-bond donors (Lipinski definition) is 1. The van der Waals surface area contributed by atoms with Gasteiger partial charge in [0, 0.05) is 12.2 Å². The van der Waals surface area contributed by atoms with Crippen LogP contribution in [0.5, 0.6) is 5.75 Å². The van der Waals surface area contributed by atoms with Crippen LogP contribution in [0.25, 0.3) is 0 Å². The number of amides is 1. The van der Waals surface area contributed by atoms with Crippen molar-refractivity contribution in [3.8, 4) is 5.75 Å². The highest BCUT2D eigenvalue weighted by molar-refractivity contribution is 7.99. The minimum atomic E-state index is -0.505. The third-order valence-electron chi connectivity index (χ3n) is 4.99. The molecule has 0 bridgehead atoms. The fraction of sp³-hybridized carbons (Fsp3) is 0.400. The second-order valence-electron chi connectivity index (χ2n) is 8.61. The number of nitrogens with zero attached hydrogens (tertiary/aromatic N) is 3. The maximum atomic E-state index is 14.0. The Bertz CT molecular complexity index is 1080. The number of benzene rings is 2. The topological polar surface area (TPSA) is 69.0 Å². The van der Waals surface area contributed by atoms with Gasteiger partial charge in [0.2, 0.25) is 5.91 Å². The molecular formula is C25H31FN4O2S. The number of rotatable bonds is 10. The molecule has 1 aromatic heterocycles. The van der Waals surface area contributed by atoms with Crippen molar-refractivity contribution in [1.82, 2.24) is 14.8 Å². The Morgan fingerprint density at radius 3 is 2.45 bits per heavy atom. The summed E-state index contributed by atoms with van der Waals surface area (Å²) in [5, 5.41) is 12.2. The molecule has 1 heterocycles. The summed E-state index contributed by atoms with van der Waals surface area (Å²) in [5.74, 6) is 1.07. The van der Waals surface area contributed by atoms with Crippen molar-refractivity contribution in [2.75, 3.05) is 11.1 Å². The molecule has 0 saturated carbocycles. The molecule has 1 N–H and O–H groups in total. The van der Waals surface area contributed by atoms with E-state index in [2.05, 4.69) is 43.2 Å². The standard InChI is InChI=1S/C25H31FN4O2S/c1-16(2)14-30-24(18(5)32-22-13-9-7-11-20(22)26)28-29-25(30)33-15-23(31)27-21-12-8-6-10-19(21)17(3)4/h6-13,16-18H,14-15H2,1-5H3,(H,27,31). The quantitative estimate of drug-likeness (QED) is 0.364. The zero-order valence-corrected chi connectivity index (χ0v) is 20.5. The number of ether oxygens (including phenoxy) is 1. The number of thioether (sulfide) groups is 1. The van der Waals surface area contributed by atoms with E-state index in [4.69, 9.17) is 4.74 Å². The van der Waals surface area contributed by atoms with E-state index in [1.807, 2.05) is 35.8 Å². The minimum Gasteiger partial charge on any atom is -0.480 e. The van der Waals surface area contributed by atoms with Gasteiger partial charge >= 0.3 is 0 Å². The molecule has 2 aromatic carbocycles. The van der Waals surface area contributed by atoms with Crippen LogP contribution in [0.2, 0.25) is 0 Å². The molecule has 6 nitrogen and oxygen atoms in total. The first-order valence-electron chi connectivity index (χ1n) is 11.1. The number of para-hydroxylation sites is 2. The summed E-state index contributed by atoms with van der Waals surface area (Å²) in [4.78, 5) is 12.7. The predicted molar refractivity (Wildman–Crippen MR) is 130 cm³/mol. The van der Waals surface area contributed by atoms with Crippen LogP contribution in [-0.4, -0.2) is 26.4 Å². The first-order valence-corrected chi connectivity index (χ1v) is 12.1. The lowest BCUT2D eigenvalue weighted by Gasteiger charge is -2.18. The smallest absolute Gasteiger partial charge is 0.234 e. The number of carbonyl (C=O) groups is 1. The summed E-state index contributed by atoms with van der Waals surface area (Å²) < 4.78 is 21.8. The third-order valence-corrected chi connectivity index (χ3v) is 5.95. The largest absolute Gasteiger partial charge is 0.480 e. The van der Waals surface area contributed by atoms with E-state index in [9.17, 15) is 9.18 Å². The summed E-state index contributed by atoms with van der Waals surface area (Å²) in [6.45, 7) is 10.9. The summed E-state index contributed by atoms with van der Waals surface area (Å²) in [5.41, 5.74) is 1.93. The first-order chi connectivity index (χ1) is 15.8. The van der Waals surface area contributed by atoms with Crippen LogP contribution in [0.15, 0.2) is 53.7 Å². The Labute approximate surface area is 199 Å². The average Bonchev–Trinajstić information content (AvgIpc) is 3.16. The summed E-state index contributed by atoms with van der Waals surface area (Å²) in [7, 11) is 0. The van der Waals surface area contributed by atoms with Crippen LogP contribution in [0.4, 0.5) is 10.1 Å². The maximum Gasteiger partial charge on any atom is 0.234 e. The Morgan fingerprint density at radius 1 is 1.06 bits per heavy atom. The van der Waals surface area contributed by atoms with Crippen LogP contribution in [0.3, 0.4) is 0 Å². The van der Waals surface area contributed by atoms with Gasteiger partial charge < -0.3 is 14.6 Å². The Balaban J connectivity index is 1.72. The lowest BCUT2D eigenvalue weighted by atomic mass is 10.0. The van der Waals surface area contributed by atoms with Gasteiger partial charge in [0.05, 0.1) is 5.75 Å². The predicted octanol–water partition coefficient (Wildman–Crippen LogP) is 6.07.